The van der Waals surface area contributed by atoms with Crippen molar-refractivity contribution in [3.63, 3.8) is 0 Å². The van der Waals surface area contributed by atoms with Gasteiger partial charge in [0.05, 0.1) is 5.69 Å². The normalized spacial score (nSPS) is 16.5. The molecule has 0 spiro atoms. The standard InChI is InChI=1S/C15H18FN3O/c1-11-8-12(2-3-14(11)16)15-9-13(18-20-15)10-19-6-4-17-5-7-19/h2-3,8-9,17H,4-7,10H2,1H3. The van der Waals surface area contributed by atoms with Gasteiger partial charge in [0.15, 0.2) is 5.76 Å². The minimum atomic E-state index is -0.200. The van der Waals surface area contributed by atoms with Crippen molar-refractivity contribution in [3.05, 3.63) is 41.3 Å². The molecule has 1 aliphatic heterocycles. The number of nitrogens with zero attached hydrogens (tertiary/aromatic N) is 2. The highest BCUT2D eigenvalue weighted by atomic mass is 19.1. The van der Waals surface area contributed by atoms with Crippen molar-refractivity contribution in [2.45, 2.75) is 13.5 Å². The van der Waals surface area contributed by atoms with E-state index in [0.29, 0.717) is 11.3 Å². The van der Waals surface area contributed by atoms with E-state index >= 15 is 0 Å². The Balaban J connectivity index is 1.73. The summed E-state index contributed by atoms with van der Waals surface area (Å²) in [5, 5.41) is 7.43. The molecule has 0 saturated carbocycles. The molecule has 5 heteroatoms. The lowest BCUT2D eigenvalue weighted by molar-refractivity contribution is 0.227. The maximum absolute atomic E-state index is 13.3. The Bertz CT molecular complexity index is 591. The van der Waals surface area contributed by atoms with Crippen molar-refractivity contribution in [2.75, 3.05) is 26.2 Å². The van der Waals surface area contributed by atoms with Crippen LogP contribution in [0.5, 0.6) is 0 Å². The molecule has 0 bridgehead atoms. The molecule has 2 aromatic rings. The Morgan fingerprint density at radius 3 is 2.85 bits per heavy atom. The summed E-state index contributed by atoms with van der Waals surface area (Å²) in [7, 11) is 0. The summed E-state index contributed by atoms with van der Waals surface area (Å²) < 4.78 is 18.6. The molecular weight excluding hydrogens is 257 g/mol. The first-order valence-corrected chi connectivity index (χ1v) is 6.87. The molecule has 1 aromatic carbocycles. The Morgan fingerprint density at radius 2 is 2.10 bits per heavy atom. The molecule has 106 valence electrons. The quantitative estimate of drug-likeness (QED) is 0.932. The van der Waals surface area contributed by atoms with Crippen molar-refractivity contribution in [1.82, 2.24) is 15.4 Å². The number of rotatable bonds is 3. The van der Waals surface area contributed by atoms with Gasteiger partial charge in [-0.2, -0.15) is 0 Å². The van der Waals surface area contributed by atoms with Crippen LogP contribution in [-0.2, 0) is 6.54 Å². The van der Waals surface area contributed by atoms with Gasteiger partial charge >= 0.3 is 0 Å². The van der Waals surface area contributed by atoms with Gasteiger partial charge in [0.1, 0.15) is 5.82 Å². The fourth-order valence-electron chi connectivity index (χ4n) is 2.42. The third-order valence-electron chi connectivity index (χ3n) is 3.60. The maximum atomic E-state index is 13.3. The van der Waals surface area contributed by atoms with Crippen LogP contribution in [0, 0.1) is 12.7 Å². The predicted octanol–water partition coefficient (Wildman–Crippen LogP) is 2.19. The van der Waals surface area contributed by atoms with E-state index in [1.807, 2.05) is 6.07 Å². The number of hydrogen-bond acceptors (Lipinski definition) is 4. The zero-order chi connectivity index (χ0) is 13.9. The van der Waals surface area contributed by atoms with Gasteiger partial charge in [0.2, 0.25) is 0 Å². The highest BCUT2D eigenvalue weighted by molar-refractivity contribution is 5.58. The van der Waals surface area contributed by atoms with Crippen LogP contribution in [0.15, 0.2) is 28.8 Å². The zero-order valence-electron chi connectivity index (χ0n) is 11.5. The van der Waals surface area contributed by atoms with Crippen molar-refractivity contribution in [3.8, 4) is 11.3 Å². The van der Waals surface area contributed by atoms with Crippen molar-refractivity contribution < 1.29 is 8.91 Å². The zero-order valence-corrected chi connectivity index (χ0v) is 11.5. The first kappa shape index (κ1) is 13.3. The fourth-order valence-corrected chi connectivity index (χ4v) is 2.42. The minimum Gasteiger partial charge on any atom is -0.356 e. The summed E-state index contributed by atoms with van der Waals surface area (Å²) in [6.45, 7) is 6.63. The molecule has 0 unspecified atom stereocenters. The van der Waals surface area contributed by atoms with Crippen LogP contribution in [0.1, 0.15) is 11.3 Å². The predicted molar refractivity (Wildman–Crippen MR) is 74.8 cm³/mol. The van der Waals surface area contributed by atoms with E-state index in [2.05, 4.69) is 15.4 Å². The number of benzene rings is 1. The second-order valence-electron chi connectivity index (χ2n) is 5.17. The Labute approximate surface area is 117 Å². The van der Waals surface area contributed by atoms with Crippen molar-refractivity contribution in [2.24, 2.45) is 0 Å². The van der Waals surface area contributed by atoms with Gasteiger partial charge in [0.25, 0.3) is 0 Å². The van der Waals surface area contributed by atoms with E-state index in [4.69, 9.17) is 4.52 Å². The second-order valence-corrected chi connectivity index (χ2v) is 5.17. The van der Waals surface area contributed by atoms with E-state index in [1.165, 1.54) is 6.07 Å². The third-order valence-corrected chi connectivity index (χ3v) is 3.60. The first-order valence-electron chi connectivity index (χ1n) is 6.87. The number of aryl methyl sites for hydroxylation is 1. The molecule has 4 nitrogen and oxygen atoms in total. The van der Waals surface area contributed by atoms with Gasteiger partial charge in [-0.3, -0.25) is 4.90 Å². The number of hydrogen-bond donors (Lipinski definition) is 1. The SMILES string of the molecule is Cc1cc(-c2cc(CN3CCNCC3)no2)ccc1F. The van der Waals surface area contributed by atoms with Gasteiger partial charge in [-0.25, -0.2) is 4.39 Å². The molecule has 20 heavy (non-hydrogen) atoms. The Hall–Kier alpha value is -1.72. The van der Waals surface area contributed by atoms with Crippen LogP contribution >= 0.6 is 0 Å². The molecule has 3 rings (SSSR count). The smallest absolute Gasteiger partial charge is 0.167 e. The molecule has 0 aliphatic carbocycles. The highest BCUT2D eigenvalue weighted by Gasteiger charge is 2.14. The van der Waals surface area contributed by atoms with E-state index in [1.54, 1.807) is 19.1 Å². The Kier molecular flexibility index (Phi) is 3.80. The average Bonchev–Trinajstić information content (AvgIpc) is 2.91. The van der Waals surface area contributed by atoms with Gasteiger partial charge in [-0.15, -0.1) is 0 Å². The van der Waals surface area contributed by atoms with E-state index in [9.17, 15) is 4.39 Å². The van der Waals surface area contributed by atoms with Gasteiger partial charge in [0, 0.05) is 44.4 Å². The third kappa shape index (κ3) is 2.89. The number of nitrogens with one attached hydrogen (secondary N) is 1. The molecule has 1 fully saturated rings. The maximum Gasteiger partial charge on any atom is 0.167 e. The lowest BCUT2D eigenvalue weighted by Gasteiger charge is -2.25. The molecular formula is C15H18FN3O. The summed E-state index contributed by atoms with van der Waals surface area (Å²) >= 11 is 0. The first-order chi connectivity index (χ1) is 9.72. The number of halogens is 1. The molecule has 0 atom stereocenters. The molecule has 1 saturated heterocycles. The molecule has 1 aliphatic rings. The molecule has 1 aromatic heterocycles. The largest absolute Gasteiger partial charge is 0.356 e. The number of aromatic nitrogens is 1. The summed E-state index contributed by atoms with van der Waals surface area (Å²) in [5.41, 5.74) is 2.40. The summed E-state index contributed by atoms with van der Waals surface area (Å²) in [4.78, 5) is 2.34. The summed E-state index contributed by atoms with van der Waals surface area (Å²) in [6, 6.07) is 6.90. The van der Waals surface area contributed by atoms with Crippen LogP contribution < -0.4 is 5.32 Å². The fraction of sp³-hybridized carbons (Fsp3) is 0.400. The molecule has 1 N–H and O–H groups in total. The van der Waals surface area contributed by atoms with Crippen LogP contribution in [-0.4, -0.2) is 36.2 Å². The van der Waals surface area contributed by atoms with Crippen LogP contribution in [0.2, 0.25) is 0 Å². The molecule has 0 amide bonds. The van der Waals surface area contributed by atoms with Crippen LogP contribution in [0.25, 0.3) is 11.3 Å². The molecule has 0 radical (unpaired) electrons. The monoisotopic (exact) mass is 275 g/mol. The van der Waals surface area contributed by atoms with Crippen molar-refractivity contribution in [1.29, 1.82) is 0 Å². The van der Waals surface area contributed by atoms with Crippen LogP contribution in [0.3, 0.4) is 0 Å². The molecule has 2 heterocycles. The highest BCUT2D eigenvalue weighted by Crippen LogP contribution is 2.23. The average molecular weight is 275 g/mol. The van der Waals surface area contributed by atoms with E-state index < -0.39 is 0 Å². The van der Waals surface area contributed by atoms with Crippen molar-refractivity contribution >= 4 is 0 Å². The Morgan fingerprint density at radius 1 is 1.30 bits per heavy atom. The minimum absolute atomic E-state index is 0.200. The van der Waals surface area contributed by atoms with Gasteiger partial charge in [-0.05, 0) is 30.7 Å². The summed E-state index contributed by atoms with van der Waals surface area (Å²) in [6.07, 6.45) is 0. The lowest BCUT2D eigenvalue weighted by Crippen LogP contribution is -2.42. The van der Waals surface area contributed by atoms with Crippen LogP contribution in [0.4, 0.5) is 4.39 Å². The lowest BCUT2D eigenvalue weighted by atomic mass is 10.1. The van der Waals surface area contributed by atoms with E-state index in [-0.39, 0.29) is 5.82 Å². The number of piperazine rings is 1. The van der Waals surface area contributed by atoms with Gasteiger partial charge < -0.3 is 9.84 Å². The topological polar surface area (TPSA) is 41.3 Å². The van der Waals surface area contributed by atoms with Gasteiger partial charge in [-0.1, -0.05) is 5.16 Å². The summed E-state index contributed by atoms with van der Waals surface area (Å²) in [5.74, 6) is 0.493. The van der Waals surface area contributed by atoms with E-state index in [0.717, 1.165) is 44.0 Å². The second kappa shape index (κ2) is 5.73.